The largest absolute Gasteiger partial charge is 0.493 e. The van der Waals surface area contributed by atoms with Crippen molar-refractivity contribution in [1.82, 2.24) is 4.57 Å². The third-order valence-corrected chi connectivity index (χ3v) is 4.78. The normalized spacial score (nSPS) is 11.4. The molecule has 1 heterocycles. The molecule has 0 aliphatic rings. The lowest BCUT2D eigenvalue weighted by molar-refractivity contribution is -0.118. The fourth-order valence-corrected chi connectivity index (χ4v) is 3.24. The average molecular weight is 420 g/mol. The number of ether oxygens (including phenoxy) is 1. The molecular weight excluding hydrogens is 401 g/mol. The second-order valence-corrected chi connectivity index (χ2v) is 7.22. The van der Waals surface area contributed by atoms with Crippen molar-refractivity contribution < 1.29 is 14.6 Å². The van der Waals surface area contributed by atoms with Gasteiger partial charge in [0.05, 0.1) is 17.1 Å². The fraction of sp³-hybridized carbons (Fsp3) is 0.250. The van der Waals surface area contributed by atoms with Gasteiger partial charge in [-0.05, 0) is 43.7 Å². The Balaban J connectivity index is 1.59. The van der Waals surface area contributed by atoms with E-state index in [0.29, 0.717) is 34.5 Å². The molecule has 0 aliphatic carbocycles. The molecule has 2 aromatic carbocycles. The summed E-state index contributed by atoms with van der Waals surface area (Å²) in [5.74, 6) is 0.0870. The lowest BCUT2D eigenvalue weighted by atomic mass is 10.1. The first-order valence-electron chi connectivity index (χ1n) is 8.67. The van der Waals surface area contributed by atoms with Crippen molar-refractivity contribution in [2.24, 2.45) is 17.3 Å². The van der Waals surface area contributed by atoms with Crippen molar-refractivity contribution in [2.45, 2.75) is 19.8 Å². The Labute approximate surface area is 172 Å². The summed E-state index contributed by atoms with van der Waals surface area (Å²) in [5.41, 5.74) is 2.13. The molecule has 146 valence electrons. The highest BCUT2D eigenvalue weighted by molar-refractivity contribution is 6.35. The molecule has 6 nitrogen and oxygen atoms in total. The minimum absolute atomic E-state index is 0.0298. The summed E-state index contributed by atoms with van der Waals surface area (Å²) in [7, 11) is 1.73. The minimum Gasteiger partial charge on any atom is -0.493 e. The number of fused-ring (bicyclic) bond motifs is 1. The predicted molar refractivity (Wildman–Crippen MR) is 110 cm³/mol. The molecule has 1 amide bonds. The molecule has 0 bridgehead atoms. The SMILES string of the molecule is Cc1ccc2c(c1)c(N=NC(=O)CCCOc1ccc(Cl)cc1Cl)c(O)n2C. The third-order valence-electron chi connectivity index (χ3n) is 4.25. The number of rotatable bonds is 6. The van der Waals surface area contributed by atoms with Crippen molar-refractivity contribution >= 4 is 45.7 Å². The zero-order valence-electron chi connectivity index (χ0n) is 15.4. The maximum Gasteiger partial charge on any atom is 0.264 e. The van der Waals surface area contributed by atoms with Gasteiger partial charge >= 0.3 is 0 Å². The highest BCUT2D eigenvalue weighted by atomic mass is 35.5. The van der Waals surface area contributed by atoms with E-state index >= 15 is 0 Å². The van der Waals surface area contributed by atoms with Crippen molar-refractivity contribution in [3.8, 4) is 11.6 Å². The highest BCUT2D eigenvalue weighted by Gasteiger charge is 2.14. The minimum atomic E-state index is -0.394. The summed E-state index contributed by atoms with van der Waals surface area (Å²) >= 11 is 11.9. The van der Waals surface area contributed by atoms with Gasteiger partial charge in [0.25, 0.3) is 5.91 Å². The Hall–Kier alpha value is -2.57. The summed E-state index contributed by atoms with van der Waals surface area (Å²) in [6.07, 6.45) is 0.622. The van der Waals surface area contributed by atoms with Crippen LogP contribution >= 0.6 is 23.2 Å². The molecule has 0 fully saturated rings. The Morgan fingerprint density at radius 1 is 1.21 bits per heavy atom. The number of azo groups is 1. The van der Waals surface area contributed by atoms with Crippen LogP contribution < -0.4 is 4.74 Å². The molecule has 0 aliphatic heterocycles. The van der Waals surface area contributed by atoms with Crippen LogP contribution in [-0.2, 0) is 11.8 Å². The number of hydrogen-bond donors (Lipinski definition) is 1. The van der Waals surface area contributed by atoms with Crippen LogP contribution in [0.4, 0.5) is 5.69 Å². The Bertz CT molecular complexity index is 1060. The molecule has 3 aromatic rings. The van der Waals surface area contributed by atoms with E-state index in [2.05, 4.69) is 10.2 Å². The van der Waals surface area contributed by atoms with Crippen LogP contribution in [0.1, 0.15) is 18.4 Å². The Kier molecular flexibility index (Phi) is 6.21. The van der Waals surface area contributed by atoms with Gasteiger partial charge in [0, 0.05) is 23.9 Å². The van der Waals surface area contributed by atoms with Gasteiger partial charge in [-0.1, -0.05) is 34.8 Å². The summed E-state index contributed by atoms with van der Waals surface area (Å²) in [4.78, 5) is 12.0. The Morgan fingerprint density at radius 3 is 2.75 bits per heavy atom. The van der Waals surface area contributed by atoms with E-state index in [4.69, 9.17) is 27.9 Å². The van der Waals surface area contributed by atoms with Gasteiger partial charge in [-0.15, -0.1) is 10.2 Å². The van der Waals surface area contributed by atoms with Gasteiger partial charge in [-0.3, -0.25) is 4.79 Å². The number of nitrogens with zero attached hydrogens (tertiary/aromatic N) is 3. The van der Waals surface area contributed by atoms with Crippen LogP contribution in [0.2, 0.25) is 10.0 Å². The standard InChI is InChI=1S/C20H19Cl2N3O3/c1-12-5-7-16-14(10-12)19(20(27)25(16)2)24-23-18(26)4-3-9-28-17-8-6-13(21)11-15(17)22/h5-8,10-11,27H,3-4,9H2,1-2H3. The zero-order valence-corrected chi connectivity index (χ0v) is 17.0. The smallest absolute Gasteiger partial charge is 0.264 e. The number of amides is 1. The number of halogens is 2. The maximum absolute atomic E-state index is 12.0. The molecule has 0 unspecified atom stereocenters. The lowest BCUT2D eigenvalue weighted by Crippen LogP contribution is -2.01. The predicted octanol–water partition coefficient (Wildman–Crippen LogP) is 5.97. The Morgan fingerprint density at radius 2 is 2.00 bits per heavy atom. The van der Waals surface area contributed by atoms with Crippen LogP contribution in [0.5, 0.6) is 11.6 Å². The quantitative estimate of drug-likeness (QED) is 0.394. The van der Waals surface area contributed by atoms with E-state index < -0.39 is 5.91 Å². The first-order valence-corrected chi connectivity index (χ1v) is 9.43. The number of benzene rings is 2. The van der Waals surface area contributed by atoms with Gasteiger partial charge in [-0.25, -0.2) is 0 Å². The topological polar surface area (TPSA) is 76.2 Å². The van der Waals surface area contributed by atoms with E-state index in [1.54, 1.807) is 29.8 Å². The van der Waals surface area contributed by atoms with Crippen LogP contribution in [0.15, 0.2) is 46.6 Å². The number of carbonyl (C=O) groups excluding carboxylic acids is 1. The number of aromatic nitrogens is 1. The summed E-state index contributed by atoms with van der Waals surface area (Å²) in [5, 5.41) is 19.7. The second kappa shape index (κ2) is 8.63. The van der Waals surface area contributed by atoms with E-state index in [1.165, 1.54) is 0 Å². The molecule has 8 heteroatoms. The van der Waals surface area contributed by atoms with E-state index in [-0.39, 0.29) is 12.3 Å². The summed E-state index contributed by atoms with van der Waals surface area (Å²) in [6.45, 7) is 2.25. The van der Waals surface area contributed by atoms with Crippen molar-refractivity contribution in [3.63, 3.8) is 0 Å². The van der Waals surface area contributed by atoms with E-state index in [9.17, 15) is 9.90 Å². The number of aromatic hydroxyl groups is 1. The molecule has 1 aromatic heterocycles. The van der Waals surface area contributed by atoms with E-state index in [1.807, 2.05) is 25.1 Å². The average Bonchev–Trinajstić information content (AvgIpc) is 2.88. The maximum atomic E-state index is 12.0. The third kappa shape index (κ3) is 4.46. The first-order chi connectivity index (χ1) is 13.4. The molecule has 0 spiro atoms. The van der Waals surface area contributed by atoms with Crippen molar-refractivity contribution in [3.05, 3.63) is 52.0 Å². The van der Waals surface area contributed by atoms with Gasteiger partial charge in [0.2, 0.25) is 5.88 Å². The second-order valence-electron chi connectivity index (χ2n) is 6.37. The highest BCUT2D eigenvalue weighted by Crippen LogP contribution is 2.38. The monoisotopic (exact) mass is 419 g/mol. The lowest BCUT2D eigenvalue weighted by Gasteiger charge is -2.07. The summed E-state index contributed by atoms with van der Waals surface area (Å²) in [6, 6.07) is 10.7. The van der Waals surface area contributed by atoms with Crippen LogP contribution in [-0.4, -0.2) is 22.2 Å². The van der Waals surface area contributed by atoms with Gasteiger partial charge in [0.15, 0.2) is 5.69 Å². The number of aryl methyl sites for hydroxylation is 2. The molecule has 0 radical (unpaired) electrons. The number of carbonyl (C=O) groups is 1. The molecule has 0 atom stereocenters. The molecular formula is C20H19Cl2N3O3. The fourth-order valence-electron chi connectivity index (χ4n) is 2.78. The van der Waals surface area contributed by atoms with Crippen LogP contribution in [0.25, 0.3) is 10.9 Å². The zero-order chi connectivity index (χ0) is 20.3. The first kappa shape index (κ1) is 20.2. The van der Waals surface area contributed by atoms with Crippen LogP contribution in [0, 0.1) is 6.92 Å². The molecule has 0 saturated heterocycles. The van der Waals surface area contributed by atoms with Gasteiger partial charge in [-0.2, -0.15) is 0 Å². The van der Waals surface area contributed by atoms with Crippen molar-refractivity contribution in [2.75, 3.05) is 6.61 Å². The number of hydrogen-bond acceptors (Lipinski definition) is 4. The molecule has 0 saturated carbocycles. The molecule has 1 N–H and O–H groups in total. The molecule has 28 heavy (non-hydrogen) atoms. The van der Waals surface area contributed by atoms with E-state index in [0.717, 1.165) is 16.5 Å². The van der Waals surface area contributed by atoms with Crippen molar-refractivity contribution in [1.29, 1.82) is 0 Å². The summed E-state index contributed by atoms with van der Waals surface area (Å²) < 4.78 is 7.15. The van der Waals surface area contributed by atoms with Gasteiger partial charge < -0.3 is 14.4 Å². The molecule has 3 rings (SSSR count). The van der Waals surface area contributed by atoms with Gasteiger partial charge in [0.1, 0.15) is 5.75 Å². The van der Waals surface area contributed by atoms with Crippen LogP contribution in [0.3, 0.4) is 0 Å².